The number of halogens is 1. The number of sulfone groups is 1. The minimum Gasteiger partial charge on any atom is -0.466 e. The van der Waals surface area contributed by atoms with Crippen molar-refractivity contribution in [2.24, 2.45) is 5.92 Å². The Labute approximate surface area is 211 Å². The smallest absolute Gasteiger partial charge is 0.324 e. The van der Waals surface area contributed by atoms with Crippen LogP contribution in [0.2, 0.25) is 0 Å². The van der Waals surface area contributed by atoms with Gasteiger partial charge in [0.2, 0.25) is 10.9 Å². The van der Waals surface area contributed by atoms with Crippen molar-refractivity contribution in [2.75, 3.05) is 24.2 Å². The molecule has 14 heteroatoms. The van der Waals surface area contributed by atoms with Gasteiger partial charge in [0, 0.05) is 25.3 Å². The van der Waals surface area contributed by atoms with Gasteiger partial charge in [-0.2, -0.15) is 9.37 Å². The van der Waals surface area contributed by atoms with Gasteiger partial charge in [-0.3, -0.25) is 0 Å². The molecule has 1 aliphatic rings. The third-order valence-electron chi connectivity index (χ3n) is 6.21. The van der Waals surface area contributed by atoms with Crippen molar-refractivity contribution < 1.29 is 22.1 Å². The fourth-order valence-corrected chi connectivity index (χ4v) is 5.46. The van der Waals surface area contributed by atoms with E-state index in [-0.39, 0.29) is 22.6 Å². The summed E-state index contributed by atoms with van der Waals surface area (Å²) in [4.78, 5) is 15.1. The summed E-state index contributed by atoms with van der Waals surface area (Å²) in [5.74, 6) is 0.376. The molecule has 1 aliphatic heterocycles. The van der Waals surface area contributed by atoms with E-state index in [1.54, 1.807) is 6.20 Å². The van der Waals surface area contributed by atoms with E-state index in [0.717, 1.165) is 32.2 Å². The van der Waals surface area contributed by atoms with Crippen molar-refractivity contribution in [3.63, 3.8) is 0 Å². The second-order valence-corrected chi connectivity index (χ2v) is 12.1. The summed E-state index contributed by atoms with van der Waals surface area (Å²) in [6.07, 6.45) is 4.33. The lowest BCUT2D eigenvalue weighted by atomic mass is 9.92. The largest absolute Gasteiger partial charge is 0.466 e. The highest BCUT2D eigenvalue weighted by Crippen LogP contribution is 2.31. The average molecular weight is 536 g/mol. The van der Waals surface area contributed by atoms with Gasteiger partial charge < -0.3 is 14.2 Å². The van der Waals surface area contributed by atoms with Crippen LogP contribution in [0.1, 0.15) is 45.4 Å². The third kappa shape index (κ3) is 4.91. The van der Waals surface area contributed by atoms with Gasteiger partial charge >= 0.3 is 6.01 Å². The van der Waals surface area contributed by atoms with E-state index in [2.05, 4.69) is 30.1 Å². The van der Waals surface area contributed by atoms with Gasteiger partial charge in [0.05, 0.1) is 17.5 Å². The number of piperidine rings is 1. The Morgan fingerprint density at radius 3 is 2.53 bits per heavy atom. The first-order valence-electron chi connectivity index (χ1n) is 11.6. The minimum absolute atomic E-state index is 0.0541. The van der Waals surface area contributed by atoms with Crippen LogP contribution in [0.5, 0.6) is 5.19 Å². The first kappa shape index (κ1) is 24.6. The van der Waals surface area contributed by atoms with Crippen molar-refractivity contribution in [3.8, 4) is 16.5 Å². The molecule has 0 aliphatic carbocycles. The molecule has 0 aromatic carbocycles. The Morgan fingerprint density at radius 2 is 1.92 bits per heavy atom. The van der Waals surface area contributed by atoms with Crippen molar-refractivity contribution in [3.05, 3.63) is 30.1 Å². The van der Waals surface area contributed by atoms with Crippen LogP contribution >= 0.6 is 11.3 Å². The Morgan fingerprint density at radius 1 is 1.17 bits per heavy atom. The molecule has 0 radical (unpaired) electrons. The molecule has 0 spiro atoms. The Balaban J connectivity index is 1.22. The van der Waals surface area contributed by atoms with E-state index in [4.69, 9.17) is 9.26 Å². The number of ether oxygens (including phenoxy) is 1. The van der Waals surface area contributed by atoms with E-state index in [1.807, 2.05) is 20.8 Å². The van der Waals surface area contributed by atoms with Crippen LogP contribution in [0.3, 0.4) is 0 Å². The molecule has 192 valence electrons. The van der Waals surface area contributed by atoms with E-state index in [0.29, 0.717) is 33.6 Å². The lowest BCUT2D eigenvalue weighted by molar-refractivity contribution is 0.130. The lowest BCUT2D eigenvalue weighted by Gasteiger charge is -2.33. The summed E-state index contributed by atoms with van der Waals surface area (Å²) >= 11 is 1.26. The summed E-state index contributed by atoms with van der Waals surface area (Å²) in [5.41, 5.74) is 0.414. The molecule has 0 unspecified atom stereocenters. The van der Waals surface area contributed by atoms with Crippen molar-refractivity contribution >= 4 is 32.1 Å². The van der Waals surface area contributed by atoms with Crippen molar-refractivity contribution in [1.82, 2.24) is 29.7 Å². The monoisotopic (exact) mass is 535 g/mol. The van der Waals surface area contributed by atoms with Crippen LogP contribution in [0, 0.1) is 11.9 Å². The molecule has 4 aromatic heterocycles. The number of aromatic nitrogens is 6. The third-order valence-corrected chi connectivity index (χ3v) is 8.01. The molecule has 0 saturated carbocycles. The topological polar surface area (TPSA) is 129 Å². The van der Waals surface area contributed by atoms with Gasteiger partial charge in [-0.15, -0.1) is 5.10 Å². The molecule has 1 atom stereocenters. The second kappa shape index (κ2) is 9.39. The fraction of sp³-hybridized carbons (Fsp3) is 0.500. The summed E-state index contributed by atoms with van der Waals surface area (Å²) in [6, 6.07) is 3.19. The molecule has 0 bridgehead atoms. The Kier molecular flexibility index (Phi) is 6.41. The SMILES string of the molecule is CC(C)c1noc(N2CCC([C@H](C)Oc3nn4cc(-c5ccc(S(C)(=O)=O)nc5F)nc4s3)CC2)n1. The van der Waals surface area contributed by atoms with Gasteiger partial charge in [-0.25, -0.2) is 22.9 Å². The standard InChI is InChI=1S/C22H26FN7O4S2/c1-12(2)19-26-20(34-28-19)29-9-7-14(8-10-29)13(3)33-22-27-30-11-16(24-21(30)35-22)15-5-6-17(25-18(15)23)36(4,31)32/h5-6,11-14H,7-10H2,1-4H3/t13-/m0/s1. The highest BCUT2D eigenvalue weighted by atomic mass is 32.2. The summed E-state index contributed by atoms with van der Waals surface area (Å²) in [5, 5.41) is 8.63. The zero-order valence-corrected chi connectivity index (χ0v) is 21.9. The molecule has 0 N–H and O–H groups in total. The van der Waals surface area contributed by atoms with E-state index in [9.17, 15) is 12.8 Å². The zero-order valence-electron chi connectivity index (χ0n) is 20.3. The minimum atomic E-state index is -3.60. The molecular weight excluding hydrogens is 509 g/mol. The number of nitrogens with zero attached hydrogens (tertiary/aromatic N) is 7. The highest BCUT2D eigenvalue weighted by Gasteiger charge is 2.28. The molecular formula is C22H26FN7O4S2. The number of anilines is 1. The average Bonchev–Trinajstić information content (AvgIpc) is 3.54. The van der Waals surface area contributed by atoms with Crippen molar-refractivity contribution in [1.29, 1.82) is 0 Å². The number of hydrogen-bond acceptors (Lipinski definition) is 11. The lowest BCUT2D eigenvalue weighted by Crippen LogP contribution is -2.38. The first-order chi connectivity index (χ1) is 17.1. The van der Waals surface area contributed by atoms with Gasteiger partial charge in [-0.1, -0.05) is 19.0 Å². The summed E-state index contributed by atoms with van der Waals surface area (Å²) < 4.78 is 50.7. The molecule has 11 nitrogen and oxygen atoms in total. The van der Waals surface area contributed by atoms with Gasteiger partial charge in [0.15, 0.2) is 20.7 Å². The van der Waals surface area contributed by atoms with E-state index in [1.165, 1.54) is 28.0 Å². The number of fused-ring (bicyclic) bond motifs is 1. The molecule has 5 rings (SSSR count). The van der Waals surface area contributed by atoms with Gasteiger partial charge in [0.1, 0.15) is 6.10 Å². The van der Waals surface area contributed by atoms with Gasteiger partial charge in [0.25, 0.3) is 5.19 Å². The predicted octanol–water partition coefficient (Wildman–Crippen LogP) is 3.59. The zero-order chi connectivity index (χ0) is 25.6. The first-order valence-corrected chi connectivity index (χ1v) is 14.3. The maximum absolute atomic E-state index is 14.4. The van der Waals surface area contributed by atoms with Crippen LogP contribution in [-0.2, 0) is 9.84 Å². The van der Waals surface area contributed by atoms with Crippen LogP contribution < -0.4 is 9.64 Å². The Hall–Kier alpha value is -3.13. The maximum Gasteiger partial charge on any atom is 0.324 e. The Bertz CT molecular complexity index is 1460. The van der Waals surface area contributed by atoms with Crippen molar-refractivity contribution in [2.45, 2.75) is 50.7 Å². The number of pyridine rings is 1. The molecule has 4 aromatic rings. The molecule has 1 fully saturated rings. The van der Waals surface area contributed by atoms with Crippen LogP contribution in [0.25, 0.3) is 16.2 Å². The quantitative estimate of drug-likeness (QED) is 0.324. The van der Waals surface area contributed by atoms with E-state index >= 15 is 0 Å². The maximum atomic E-state index is 14.4. The second-order valence-electron chi connectivity index (χ2n) is 9.22. The molecule has 5 heterocycles. The van der Waals surface area contributed by atoms with Crippen LogP contribution in [0.15, 0.2) is 27.9 Å². The molecule has 0 amide bonds. The van der Waals surface area contributed by atoms with Gasteiger partial charge in [-0.05, 0) is 49.2 Å². The summed E-state index contributed by atoms with van der Waals surface area (Å²) in [6.45, 7) is 7.71. The number of imidazole rings is 1. The molecule has 36 heavy (non-hydrogen) atoms. The summed E-state index contributed by atoms with van der Waals surface area (Å²) in [7, 11) is -3.60. The fourth-order valence-electron chi connectivity index (χ4n) is 4.08. The van der Waals surface area contributed by atoms with Crippen LogP contribution in [0.4, 0.5) is 10.4 Å². The normalized spacial score (nSPS) is 16.2. The number of hydrogen-bond donors (Lipinski definition) is 0. The highest BCUT2D eigenvalue weighted by molar-refractivity contribution is 7.90. The number of rotatable bonds is 7. The van der Waals surface area contributed by atoms with E-state index < -0.39 is 15.8 Å². The predicted molar refractivity (Wildman–Crippen MR) is 131 cm³/mol. The van der Waals surface area contributed by atoms with Crippen LogP contribution in [-0.4, -0.2) is 63.6 Å². The molecule has 1 saturated heterocycles.